The first kappa shape index (κ1) is 12.5. The molecule has 0 radical (unpaired) electrons. The number of carbonyl (C=O) groups excluding carboxylic acids is 1. The molecule has 1 aromatic carbocycles. The van der Waals surface area contributed by atoms with Gasteiger partial charge >= 0.3 is 0 Å². The minimum atomic E-state index is -0.277. The molecule has 0 aliphatic carbocycles. The Morgan fingerprint density at radius 2 is 1.90 bits per heavy atom. The van der Waals surface area contributed by atoms with E-state index in [2.05, 4.69) is 20.3 Å². The van der Waals surface area contributed by atoms with Crippen molar-refractivity contribution < 1.29 is 4.79 Å². The fraction of sp³-hybridized carbons (Fsp3) is 0. The molecule has 2 aromatic heterocycles. The number of anilines is 1. The van der Waals surface area contributed by atoms with Gasteiger partial charge in [0, 0.05) is 5.39 Å². The average molecular weight is 285 g/mol. The molecule has 98 valence electrons. The summed E-state index contributed by atoms with van der Waals surface area (Å²) in [5, 5.41) is 3.75. The van der Waals surface area contributed by atoms with E-state index < -0.39 is 0 Å². The van der Waals surface area contributed by atoms with Gasteiger partial charge in [0.05, 0.1) is 29.2 Å². The van der Waals surface area contributed by atoms with Crippen molar-refractivity contribution in [2.45, 2.75) is 0 Å². The molecular weight excluding hydrogens is 276 g/mol. The topological polar surface area (TPSA) is 67.8 Å². The lowest BCUT2D eigenvalue weighted by Gasteiger charge is -2.07. The maximum atomic E-state index is 12.3. The summed E-state index contributed by atoms with van der Waals surface area (Å²) in [7, 11) is 0. The molecule has 5 nitrogen and oxygen atoms in total. The van der Waals surface area contributed by atoms with Crippen molar-refractivity contribution in [2.75, 3.05) is 5.32 Å². The van der Waals surface area contributed by atoms with Crippen LogP contribution in [0.15, 0.2) is 49.1 Å². The molecule has 6 heteroatoms. The van der Waals surface area contributed by atoms with Crippen molar-refractivity contribution in [3.05, 3.63) is 59.8 Å². The third-order valence-electron chi connectivity index (χ3n) is 2.75. The number of aromatic nitrogens is 3. The molecule has 0 spiro atoms. The van der Waals surface area contributed by atoms with Gasteiger partial charge in [0.1, 0.15) is 11.5 Å². The van der Waals surface area contributed by atoms with Gasteiger partial charge in [-0.05, 0) is 12.1 Å². The predicted molar refractivity (Wildman–Crippen MR) is 76.7 cm³/mol. The number of hydrogen-bond acceptors (Lipinski definition) is 4. The zero-order valence-corrected chi connectivity index (χ0v) is 11.0. The normalized spacial score (nSPS) is 10.4. The van der Waals surface area contributed by atoms with Crippen molar-refractivity contribution in [2.24, 2.45) is 0 Å². The molecular formula is C14H9ClN4O. The van der Waals surface area contributed by atoms with Crippen LogP contribution in [-0.2, 0) is 0 Å². The van der Waals surface area contributed by atoms with E-state index in [1.165, 1.54) is 18.7 Å². The van der Waals surface area contributed by atoms with E-state index in [0.29, 0.717) is 16.8 Å². The lowest BCUT2D eigenvalue weighted by Crippen LogP contribution is -2.13. The SMILES string of the molecule is O=C(Nc1cncnc1)c1cc(Cl)nc2ccccc12. The Bertz CT molecular complexity index is 776. The number of nitrogens with zero attached hydrogens (tertiary/aromatic N) is 3. The predicted octanol–water partition coefficient (Wildman–Crippen LogP) is 2.93. The first-order valence-electron chi connectivity index (χ1n) is 5.86. The van der Waals surface area contributed by atoms with Gasteiger partial charge in [-0.3, -0.25) is 4.79 Å². The summed E-state index contributed by atoms with van der Waals surface area (Å²) in [4.78, 5) is 24.2. The molecule has 0 aliphatic heterocycles. The van der Waals surface area contributed by atoms with Gasteiger partial charge in [0.15, 0.2) is 0 Å². The minimum absolute atomic E-state index is 0.276. The van der Waals surface area contributed by atoms with Crippen LogP contribution in [0.4, 0.5) is 5.69 Å². The number of fused-ring (bicyclic) bond motifs is 1. The molecule has 1 N–H and O–H groups in total. The average Bonchev–Trinajstić information content (AvgIpc) is 2.47. The summed E-state index contributed by atoms with van der Waals surface area (Å²) in [5.74, 6) is -0.277. The zero-order valence-electron chi connectivity index (χ0n) is 10.2. The quantitative estimate of drug-likeness (QED) is 0.735. The Hall–Kier alpha value is -2.53. The van der Waals surface area contributed by atoms with Crippen molar-refractivity contribution in [3.63, 3.8) is 0 Å². The highest BCUT2D eigenvalue weighted by atomic mass is 35.5. The molecule has 0 bridgehead atoms. The molecule has 2 heterocycles. The Morgan fingerprint density at radius 3 is 2.70 bits per heavy atom. The highest BCUT2D eigenvalue weighted by Crippen LogP contribution is 2.21. The summed E-state index contributed by atoms with van der Waals surface area (Å²) < 4.78 is 0. The standard InChI is InChI=1S/C14H9ClN4O/c15-13-5-11(10-3-1-2-4-12(10)19-13)14(20)18-9-6-16-8-17-7-9/h1-8H,(H,18,20). The van der Waals surface area contributed by atoms with E-state index in [9.17, 15) is 4.79 Å². The summed E-state index contributed by atoms with van der Waals surface area (Å²) >= 11 is 5.96. The first-order chi connectivity index (χ1) is 9.74. The van der Waals surface area contributed by atoms with Gasteiger partial charge in [-0.1, -0.05) is 29.8 Å². The van der Waals surface area contributed by atoms with E-state index in [-0.39, 0.29) is 11.1 Å². The van der Waals surface area contributed by atoms with Gasteiger partial charge in [-0.15, -0.1) is 0 Å². The molecule has 0 saturated carbocycles. The van der Waals surface area contributed by atoms with Gasteiger partial charge < -0.3 is 5.32 Å². The number of rotatable bonds is 2. The van der Waals surface area contributed by atoms with Crippen LogP contribution in [0.2, 0.25) is 5.15 Å². The van der Waals surface area contributed by atoms with Crippen LogP contribution < -0.4 is 5.32 Å². The maximum absolute atomic E-state index is 12.3. The molecule has 0 saturated heterocycles. The van der Waals surface area contributed by atoms with E-state index in [0.717, 1.165) is 5.39 Å². The van der Waals surface area contributed by atoms with Crippen LogP contribution in [0.25, 0.3) is 10.9 Å². The lowest BCUT2D eigenvalue weighted by molar-refractivity contribution is 0.102. The molecule has 3 rings (SSSR count). The molecule has 0 atom stereocenters. The third kappa shape index (κ3) is 2.44. The second-order valence-corrected chi connectivity index (χ2v) is 4.48. The Labute approximate surface area is 119 Å². The Morgan fingerprint density at radius 1 is 1.15 bits per heavy atom. The Kier molecular flexibility index (Phi) is 3.26. The monoisotopic (exact) mass is 284 g/mol. The first-order valence-corrected chi connectivity index (χ1v) is 6.23. The van der Waals surface area contributed by atoms with Crippen LogP contribution >= 0.6 is 11.6 Å². The number of para-hydroxylation sites is 1. The van der Waals surface area contributed by atoms with Crippen LogP contribution in [0.1, 0.15) is 10.4 Å². The van der Waals surface area contributed by atoms with Gasteiger partial charge in [-0.25, -0.2) is 15.0 Å². The molecule has 1 amide bonds. The van der Waals surface area contributed by atoms with E-state index in [1.54, 1.807) is 6.07 Å². The smallest absolute Gasteiger partial charge is 0.256 e. The van der Waals surface area contributed by atoms with Crippen molar-refractivity contribution in [1.82, 2.24) is 15.0 Å². The molecule has 0 unspecified atom stereocenters. The number of amides is 1. The highest BCUT2D eigenvalue weighted by molar-refractivity contribution is 6.30. The number of nitrogens with one attached hydrogen (secondary N) is 1. The second kappa shape index (κ2) is 5.22. The Balaban J connectivity index is 2.03. The van der Waals surface area contributed by atoms with Gasteiger partial charge in [-0.2, -0.15) is 0 Å². The largest absolute Gasteiger partial charge is 0.319 e. The van der Waals surface area contributed by atoms with Crippen LogP contribution in [0, 0.1) is 0 Å². The lowest BCUT2D eigenvalue weighted by atomic mass is 10.1. The van der Waals surface area contributed by atoms with Crippen molar-refractivity contribution >= 4 is 34.1 Å². The number of benzene rings is 1. The summed E-state index contributed by atoms with van der Waals surface area (Å²) in [6.07, 6.45) is 4.44. The number of hydrogen-bond donors (Lipinski definition) is 1. The maximum Gasteiger partial charge on any atom is 0.256 e. The van der Waals surface area contributed by atoms with Crippen LogP contribution in [0.3, 0.4) is 0 Å². The fourth-order valence-electron chi connectivity index (χ4n) is 1.89. The summed E-state index contributed by atoms with van der Waals surface area (Å²) in [5.41, 5.74) is 1.66. The summed E-state index contributed by atoms with van der Waals surface area (Å²) in [6.45, 7) is 0. The molecule has 20 heavy (non-hydrogen) atoms. The van der Waals surface area contributed by atoms with E-state index >= 15 is 0 Å². The number of carbonyl (C=O) groups is 1. The zero-order chi connectivity index (χ0) is 13.9. The third-order valence-corrected chi connectivity index (χ3v) is 2.94. The van der Waals surface area contributed by atoms with Crippen LogP contribution in [0.5, 0.6) is 0 Å². The number of pyridine rings is 1. The van der Waals surface area contributed by atoms with Crippen LogP contribution in [-0.4, -0.2) is 20.9 Å². The molecule has 0 fully saturated rings. The van der Waals surface area contributed by atoms with Crippen molar-refractivity contribution in [3.8, 4) is 0 Å². The number of halogens is 1. The minimum Gasteiger partial charge on any atom is -0.319 e. The van der Waals surface area contributed by atoms with Gasteiger partial charge in [0.2, 0.25) is 0 Å². The van der Waals surface area contributed by atoms with Gasteiger partial charge in [0.25, 0.3) is 5.91 Å². The molecule has 0 aliphatic rings. The summed E-state index contributed by atoms with van der Waals surface area (Å²) in [6, 6.07) is 8.88. The van der Waals surface area contributed by atoms with Crippen molar-refractivity contribution in [1.29, 1.82) is 0 Å². The molecule has 3 aromatic rings. The van der Waals surface area contributed by atoms with E-state index in [4.69, 9.17) is 11.6 Å². The fourth-order valence-corrected chi connectivity index (χ4v) is 2.09. The highest BCUT2D eigenvalue weighted by Gasteiger charge is 2.12. The van der Waals surface area contributed by atoms with E-state index in [1.807, 2.05) is 24.3 Å². The second-order valence-electron chi connectivity index (χ2n) is 4.09.